The average molecular weight is 198 g/mol. The lowest BCUT2D eigenvalue weighted by molar-refractivity contribution is 0.0655. The highest BCUT2D eigenvalue weighted by molar-refractivity contribution is 5.21. The highest BCUT2D eigenvalue weighted by Crippen LogP contribution is 2.17. The van der Waals surface area contributed by atoms with E-state index >= 15 is 0 Å². The Bertz CT molecular complexity index is 169. The molecule has 0 N–H and O–H groups in total. The van der Waals surface area contributed by atoms with Gasteiger partial charge in [-0.3, -0.25) is 4.90 Å². The molecule has 0 radical (unpaired) electrons. The average Bonchev–Trinajstić information content (AvgIpc) is 2.63. The van der Waals surface area contributed by atoms with Gasteiger partial charge in [0.25, 0.3) is 0 Å². The molecule has 1 fully saturated rings. The lowest BCUT2D eigenvalue weighted by Crippen LogP contribution is -2.28. The number of likely N-dealkylation sites (tertiary alicyclic amines) is 1. The van der Waals surface area contributed by atoms with Gasteiger partial charge in [0.1, 0.15) is 6.10 Å². The zero-order valence-electron chi connectivity index (χ0n) is 9.41. The smallest absolute Gasteiger partial charge is 0.141 e. The molecule has 0 unspecified atom stereocenters. The highest BCUT2D eigenvalue weighted by atomic mass is 16.6. The summed E-state index contributed by atoms with van der Waals surface area (Å²) in [6, 6.07) is 0. The Labute approximate surface area is 87.1 Å². The van der Waals surface area contributed by atoms with Gasteiger partial charge in [-0.2, -0.15) is 0 Å². The summed E-state index contributed by atoms with van der Waals surface area (Å²) in [6.45, 7) is 11.3. The van der Waals surface area contributed by atoms with Crippen LogP contribution in [0.4, 0.5) is 0 Å². The molecule has 1 heterocycles. The monoisotopic (exact) mass is 198 g/mol. The second-order valence-electron chi connectivity index (χ2n) is 4.09. The summed E-state index contributed by atoms with van der Waals surface area (Å²) in [5.41, 5.74) is 0. The first kappa shape index (κ1) is 11.5. The summed E-state index contributed by atoms with van der Waals surface area (Å²) in [5.74, 6) is 0.838. The molecule has 0 amide bonds. The molecule has 1 rings (SSSR count). The molecule has 1 saturated heterocycles. The van der Waals surface area contributed by atoms with Crippen molar-refractivity contribution >= 4 is 6.72 Å². The lowest BCUT2D eigenvalue weighted by atomic mass is 10.0. The Hall–Kier alpha value is -0.570. The van der Waals surface area contributed by atoms with Crippen LogP contribution in [0.1, 0.15) is 33.1 Å². The molecular formula is C11H22N2O. The maximum atomic E-state index is 5.15. The van der Waals surface area contributed by atoms with Gasteiger partial charge in [-0.1, -0.05) is 26.7 Å². The first-order valence-electron chi connectivity index (χ1n) is 5.64. The third-order valence-corrected chi connectivity index (χ3v) is 3.12. The van der Waals surface area contributed by atoms with E-state index in [2.05, 4.69) is 30.6 Å². The summed E-state index contributed by atoms with van der Waals surface area (Å²) in [7, 11) is 0. The molecular weight excluding hydrogens is 176 g/mol. The van der Waals surface area contributed by atoms with Gasteiger partial charge in [-0.05, 0) is 5.92 Å². The van der Waals surface area contributed by atoms with Gasteiger partial charge in [0, 0.05) is 32.8 Å². The van der Waals surface area contributed by atoms with E-state index < -0.39 is 0 Å². The zero-order chi connectivity index (χ0) is 10.4. The summed E-state index contributed by atoms with van der Waals surface area (Å²) < 4.78 is 0. The van der Waals surface area contributed by atoms with Crippen molar-refractivity contribution in [1.82, 2.24) is 4.90 Å². The van der Waals surface area contributed by atoms with Gasteiger partial charge in [-0.25, -0.2) is 0 Å². The fourth-order valence-corrected chi connectivity index (χ4v) is 2.07. The van der Waals surface area contributed by atoms with E-state index in [9.17, 15) is 0 Å². The fraction of sp³-hybridized carbons (Fsp3) is 0.909. The summed E-state index contributed by atoms with van der Waals surface area (Å²) in [4.78, 5) is 7.63. The van der Waals surface area contributed by atoms with Crippen LogP contribution in [-0.2, 0) is 4.84 Å². The van der Waals surface area contributed by atoms with Crippen LogP contribution in [0.15, 0.2) is 5.16 Å². The normalized spacial score (nSPS) is 22.9. The van der Waals surface area contributed by atoms with Gasteiger partial charge in [0.05, 0.1) is 0 Å². The zero-order valence-corrected chi connectivity index (χ0v) is 9.41. The summed E-state index contributed by atoms with van der Waals surface area (Å²) in [6.07, 6.45) is 3.93. The van der Waals surface area contributed by atoms with E-state index in [0.29, 0.717) is 0 Å². The summed E-state index contributed by atoms with van der Waals surface area (Å²) in [5, 5.41) is 3.49. The second-order valence-corrected chi connectivity index (χ2v) is 4.09. The molecule has 1 aliphatic heterocycles. The molecule has 14 heavy (non-hydrogen) atoms. The van der Waals surface area contributed by atoms with Crippen molar-refractivity contribution in [1.29, 1.82) is 0 Å². The summed E-state index contributed by atoms with van der Waals surface area (Å²) >= 11 is 0. The van der Waals surface area contributed by atoms with E-state index in [1.165, 1.54) is 19.4 Å². The van der Waals surface area contributed by atoms with E-state index in [1.807, 2.05) is 0 Å². The predicted octanol–water partition coefficient (Wildman–Crippen LogP) is 2.13. The van der Waals surface area contributed by atoms with Crippen molar-refractivity contribution in [3.8, 4) is 0 Å². The van der Waals surface area contributed by atoms with Crippen molar-refractivity contribution in [2.75, 3.05) is 19.6 Å². The molecule has 0 spiro atoms. The molecule has 1 atom stereocenters. The van der Waals surface area contributed by atoms with Crippen LogP contribution in [0.2, 0.25) is 0 Å². The number of nitrogens with zero attached hydrogens (tertiary/aromatic N) is 2. The number of oxime groups is 1. The first-order valence-corrected chi connectivity index (χ1v) is 5.64. The van der Waals surface area contributed by atoms with Crippen molar-refractivity contribution in [3.05, 3.63) is 0 Å². The molecule has 3 nitrogen and oxygen atoms in total. The largest absolute Gasteiger partial charge is 0.392 e. The van der Waals surface area contributed by atoms with Crippen LogP contribution in [0, 0.1) is 5.92 Å². The van der Waals surface area contributed by atoms with E-state index in [0.717, 1.165) is 25.4 Å². The third-order valence-electron chi connectivity index (χ3n) is 3.12. The van der Waals surface area contributed by atoms with E-state index in [1.54, 1.807) is 0 Å². The number of rotatable bonds is 6. The van der Waals surface area contributed by atoms with Crippen LogP contribution in [0.3, 0.4) is 0 Å². The van der Waals surface area contributed by atoms with Gasteiger partial charge in [0.2, 0.25) is 0 Å². The Kier molecular flexibility index (Phi) is 4.94. The quantitative estimate of drug-likeness (QED) is 0.482. The van der Waals surface area contributed by atoms with Crippen LogP contribution in [0.5, 0.6) is 0 Å². The Morgan fingerprint density at radius 2 is 2.21 bits per heavy atom. The minimum atomic E-state index is 0.280. The molecule has 0 aliphatic carbocycles. The van der Waals surface area contributed by atoms with Crippen LogP contribution >= 0.6 is 0 Å². The highest BCUT2D eigenvalue weighted by Gasteiger charge is 2.24. The molecule has 3 heteroatoms. The predicted molar refractivity (Wildman–Crippen MR) is 59.6 cm³/mol. The van der Waals surface area contributed by atoms with Crippen LogP contribution in [-0.4, -0.2) is 37.4 Å². The maximum Gasteiger partial charge on any atom is 0.141 e. The first-order chi connectivity index (χ1) is 6.80. The third kappa shape index (κ3) is 3.29. The number of hydrogen-bond acceptors (Lipinski definition) is 3. The topological polar surface area (TPSA) is 24.8 Å². The standard InChI is InChI=1S/C11H22N2O/c1-4-10(5-2)8-13-7-6-11(9-13)14-12-3/h10-11H,3-9H2,1-2H3/t11-/m1/s1. The van der Waals surface area contributed by atoms with Gasteiger partial charge >= 0.3 is 0 Å². The van der Waals surface area contributed by atoms with Gasteiger partial charge in [-0.15, -0.1) is 5.16 Å². The minimum Gasteiger partial charge on any atom is -0.392 e. The van der Waals surface area contributed by atoms with Crippen molar-refractivity contribution in [2.45, 2.75) is 39.2 Å². The molecule has 0 aromatic carbocycles. The molecule has 0 saturated carbocycles. The lowest BCUT2D eigenvalue weighted by Gasteiger charge is -2.21. The molecule has 1 aliphatic rings. The Morgan fingerprint density at radius 3 is 2.79 bits per heavy atom. The molecule has 0 aromatic heterocycles. The van der Waals surface area contributed by atoms with Crippen molar-refractivity contribution in [3.63, 3.8) is 0 Å². The van der Waals surface area contributed by atoms with Crippen molar-refractivity contribution < 1.29 is 4.84 Å². The van der Waals surface area contributed by atoms with E-state index in [4.69, 9.17) is 4.84 Å². The van der Waals surface area contributed by atoms with Crippen molar-refractivity contribution in [2.24, 2.45) is 11.1 Å². The number of hydrogen-bond donors (Lipinski definition) is 0. The van der Waals surface area contributed by atoms with Crippen LogP contribution in [0.25, 0.3) is 0 Å². The fourth-order valence-electron chi connectivity index (χ4n) is 2.07. The molecule has 82 valence electrons. The SMILES string of the molecule is C=NO[C@@H]1CCN(CC(CC)CC)C1. The van der Waals surface area contributed by atoms with Gasteiger partial charge < -0.3 is 4.84 Å². The maximum absolute atomic E-state index is 5.15. The Morgan fingerprint density at radius 1 is 1.50 bits per heavy atom. The van der Waals surface area contributed by atoms with Crippen LogP contribution < -0.4 is 0 Å². The molecule has 0 aromatic rings. The van der Waals surface area contributed by atoms with E-state index in [-0.39, 0.29) is 6.10 Å². The second kappa shape index (κ2) is 6.02. The Balaban J connectivity index is 2.24. The minimum absolute atomic E-state index is 0.280. The molecule has 0 bridgehead atoms. The van der Waals surface area contributed by atoms with Gasteiger partial charge in [0.15, 0.2) is 0 Å².